The molecule has 8 heteroatoms. The van der Waals surface area contributed by atoms with Crippen molar-refractivity contribution in [3.05, 3.63) is 29.8 Å². The van der Waals surface area contributed by atoms with Crippen LogP contribution in [0.4, 0.5) is 0 Å². The molecule has 1 aromatic rings. The highest BCUT2D eigenvalue weighted by Crippen LogP contribution is 2.21. The van der Waals surface area contributed by atoms with Crippen molar-refractivity contribution in [2.24, 2.45) is 0 Å². The summed E-state index contributed by atoms with van der Waals surface area (Å²) in [7, 11) is -2.20. The lowest BCUT2D eigenvalue weighted by Gasteiger charge is -2.33. The minimum atomic E-state index is -3.71. The lowest BCUT2D eigenvalue weighted by Crippen LogP contribution is -2.50. The summed E-state index contributed by atoms with van der Waals surface area (Å²) in [5.41, 5.74) is 0.386. The van der Waals surface area contributed by atoms with Gasteiger partial charge in [-0.15, -0.1) is 0 Å². The molecule has 0 radical (unpaired) electrons. The molecule has 1 amide bonds. The molecule has 2 N–H and O–H groups in total. The van der Waals surface area contributed by atoms with Crippen LogP contribution < -0.4 is 5.32 Å². The Balaban J connectivity index is 2.28. The number of aliphatic hydroxyl groups is 1. The van der Waals surface area contributed by atoms with Gasteiger partial charge >= 0.3 is 0 Å². The number of rotatable bonds is 4. The van der Waals surface area contributed by atoms with Gasteiger partial charge in [0.05, 0.1) is 30.8 Å². The van der Waals surface area contributed by atoms with Gasteiger partial charge < -0.3 is 15.2 Å². The largest absolute Gasteiger partial charge is 0.395 e. The predicted octanol–water partition coefficient (Wildman–Crippen LogP) is -0.572. The molecule has 7 nitrogen and oxygen atoms in total. The van der Waals surface area contributed by atoms with Gasteiger partial charge in [-0.05, 0) is 24.3 Å². The Labute approximate surface area is 123 Å². The lowest BCUT2D eigenvalue weighted by atomic mass is 10.2. The molecule has 0 spiro atoms. The Morgan fingerprint density at radius 2 is 2.10 bits per heavy atom. The van der Waals surface area contributed by atoms with E-state index in [1.807, 2.05) is 0 Å². The average molecular weight is 314 g/mol. The number of carbonyl (C=O) groups excluding carboxylic acids is 1. The topological polar surface area (TPSA) is 95.9 Å². The number of nitrogens with one attached hydrogen (secondary N) is 1. The third-order valence-corrected chi connectivity index (χ3v) is 5.30. The maximum Gasteiger partial charge on any atom is 0.251 e. The van der Waals surface area contributed by atoms with Gasteiger partial charge in [-0.3, -0.25) is 4.79 Å². The van der Waals surface area contributed by atoms with Crippen molar-refractivity contribution in [3.63, 3.8) is 0 Å². The number of ether oxygens (including phenoxy) is 1. The van der Waals surface area contributed by atoms with Crippen molar-refractivity contribution in [1.29, 1.82) is 0 Å². The van der Waals surface area contributed by atoms with E-state index in [1.165, 1.54) is 35.6 Å². The lowest BCUT2D eigenvalue weighted by molar-refractivity contribution is 0.0109. The molecular formula is C13H18N2O5S. The van der Waals surface area contributed by atoms with Crippen molar-refractivity contribution >= 4 is 15.9 Å². The summed E-state index contributed by atoms with van der Waals surface area (Å²) >= 11 is 0. The number of sulfonamides is 1. The number of amides is 1. The van der Waals surface area contributed by atoms with Crippen molar-refractivity contribution in [2.45, 2.75) is 10.9 Å². The number of carbonyl (C=O) groups is 1. The Hall–Kier alpha value is -1.48. The minimum Gasteiger partial charge on any atom is -0.395 e. The fourth-order valence-corrected chi connectivity index (χ4v) is 3.74. The van der Waals surface area contributed by atoms with Crippen LogP contribution in [0.25, 0.3) is 0 Å². The molecule has 0 aliphatic carbocycles. The first-order chi connectivity index (χ1) is 10.0. The third-order valence-electron chi connectivity index (χ3n) is 3.33. The summed E-state index contributed by atoms with van der Waals surface area (Å²) in [5, 5.41) is 11.8. The van der Waals surface area contributed by atoms with E-state index in [9.17, 15) is 18.3 Å². The molecule has 21 heavy (non-hydrogen) atoms. The fraction of sp³-hybridized carbons (Fsp3) is 0.462. The molecule has 1 unspecified atom stereocenters. The highest BCUT2D eigenvalue weighted by molar-refractivity contribution is 7.89. The second-order valence-electron chi connectivity index (χ2n) is 4.63. The number of morpholine rings is 1. The van der Waals surface area contributed by atoms with Gasteiger partial charge in [0.1, 0.15) is 0 Å². The molecule has 1 atom stereocenters. The molecule has 1 heterocycles. The zero-order valence-corrected chi connectivity index (χ0v) is 12.5. The first-order valence-corrected chi connectivity index (χ1v) is 7.97. The van der Waals surface area contributed by atoms with Crippen LogP contribution in [-0.2, 0) is 14.8 Å². The van der Waals surface area contributed by atoms with Crippen molar-refractivity contribution in [2.75, 3.05) is 33.4 Å². The zero-order chi connectivity index (χ0) is 15.5. The highest BCUT2D eigenvalue weighted by Gasteiger charge is 2.33. The van der Waals surface area contributed by atoms with Crippen molar-refractivity contribution in [1.82, 2.24) is 9.62 Å². The standard InChI is InChI=1S/C13H18N2O5S/c1-14-13(17)10-2-4-12(5-3-10)21(18,19)15-6-7-20-9-11(15)8-16/h2-5,11,16H,6-9H2,1H3,(H,14,17). The van der Waals surface area contributed by atoms with Crippen LogP contribution in [0.5, 0.6) is 0 Å². The van der Waals surface area contributed by atoms with Crippen LogP contribution in [-0.4, -0.2) is 63.2 Å². The predicted molar refractivity (Wildman–Crippen MR) is 75.4 cm³/mol. The summed E-state index contributed by atoms with van der Waals surface area (Å²) in [6, 6.07) is 5.12. The van der Waals surface area contributed by atoms with Crippen LogP contribution in [0.1, 0.15) is 10.4 Å². The Morgan fingerprint density at radius 1 is 1.43 bits per heavy atom. The van der Waals surface area contributed by atoms with Gasteiger partial charge in [0.2, 0.25) is 10.0 Å². The third kappa shape index (κ3) is 3.24. The molecule has 1 aliphatic rings. The second-order valence-corrected chi connectivity index (χ2v) is 6.52. The van der Waals surface area contributed by atoms with Crippen LogP contribution in [0.3, 0.4) is 0 Å². The van der Waals surface area contributed by atoms with Gasteiger partial charge in [0.15, 0.2) is 0 Å². The van der Waals surface area contributed by atoms with Gasteiger partial charge in [-0.2, -0.15) is 4.31 Å². The van der Waals surface area contributed by atoms with E-state index in [-0.39, 0.29) is 30.6 Å². The number of nitrogens with zero attached hydrogens (tertiary/aromatic N) is 1. The van der Waals surface area contributed by atoms with Gasteiger partial charge in [-0.1, -0.05) is 0 Å². The first kappa shape index (κ1) is 15.9. The first-order valence-electron chi connectivity index (χ1n) is 6.53. The Bertz CT molecular complexity index is 599. The van der Waals surface area contributed by atoms with Gasteiger partial charge in [0.25, 0.3) is 5.91 Å². The Kier molecular flexibility index (Phi) is 4.94. The van der Waals surface area contributed by atoms with Crippen molar-refractivity contribution in [3.8, 4) is 0 Å². The Morgan fingerprint density at radius 3 is 2.67 bits per heavy atom. The number of hydrogen-bond acceptors (Lipinski definition) is 5. The van der Waals surface area contributed by atoms with E-state index in [0.717, 1.165) is 0 Å². The molecule has 1 aliphatic heterocycles. The van der Waals surface area contributed by atoms with Gasteiger partial charge in [0, 0.05) is 19.2 Å². The molecule has 2 rings (SSSR count). The number of benzene rings is 1. The van der Waals surface area contributed by atoms with Crippen molar-refractivity contribution < 1.29 is 23.1 Å². The quantitative estimate of drug-likeness (QED) is 0.776. The van der Waals surface area contributed by atoms with E-state index in [2.05, 4.69) is 5.32 Å². The van der Waals surface area contributed by atoms with Crippen LogP contribution in [0, 0.1) is 0 Å². The number of aliphatic hydroxyl groups excluding tert-OH is 1. The van der Waals surface area contributed by atoms with E-state index in [0.29, 0.717) is 12.2 Å². The number of hydrogen-bond donors (Lipinski definition) is 2. The molecule has 0 saturated carbocycles. The van der Waals surface area contributed by atoms with Crippen LogP contribution in [0.2, 0.25) is 0 Å². The highest BCUT2D eigenvalue weighted by atomic mass is 32.2. The molecule has 116 valence electrons. The maximum absolute atomic E-state index is 12.6. The minimum absolute atomic E-state index is 0.0931. The normalized spacial score (nSPS) is 20.2. The fourth-order valence-electron chi connectivity index (χ4n) is 2.16. The maximum atomic E-state index is 12.6. The van der Waals surface area contributed by atoms with E-state index in [1.54, 1.807) is 0 Å². The van der Waals surface area contributed by atoms with Crippen LogP contribution in [0.15, 0.2) is 29.2 Å². The van der Waals surface area contributed by atoms with Crippen LogP contribution >= 0.6 is 0 Å². The van der Waals surface area contributed by atoms with E-state index < -0.39 is 16.1 Å². The summed E-state index contributed by atoms with van der Waals surface area (Å²) in [6.45, 7) is 0.373. The van der Waals surface area contributed by atoms with E-state index >= 15 is 0 Å². The molecular weight excluding hydrogens is 296 g/mol. The monoisotopic (exact) mass is 314 g/mol. The molecule has 1 fully saturated rings. The summed E-state index contributed by atoms with van der Waals surface area (Å²) < 4.78 is 31.6. The molecule has 0 aromatic heterocycles. The zero-order valence-electron chi connectivity index (χ0n) is 11.7. The van der Waals surface area contributed by atoms with E-state index in [4.69, 9.17) is 4.74 Å². The summed E-state index contributed by atoms with van der Waals surface area (Å²) in [4.78, 5) is 11.5. The smallest absolute Gasteiger partial charge is 0.251 e. The van der Waals surface area contributed by atoms with Gasteiger partial charge in [-0.25, -0.2) is 8.42 Å². The summed E-state index contributed by atoms with van der Waals surface area (Å²) in [6.07, 6.45) is 0. The molecule has 0 bridgehead atoms. The molecule has 1 aromatic carbocycles. The SMILES string of the molecule is CNC(=O)c1ccc(S(=O)(=O)N2CCOCC2CO)cc1. The summed E-state index contributed by atoms with van der Waals surface area (Å²) in [5.74, 6) is -0.279. The molecule has 1 saturated heterocycles. The average Bonchev–Trinajstić information content (AvgIpc) is 2.54. The second kappa shape index (κ2) is 6.52.